The molecule has 3 rings (SSSR count). The number of nitrogens with one attached hydrogen (secondary N) is 1. The summed E-state index contributed by atoms with van der Waals surface area (Å²) in [5.41, 5.74) is 0.579. The average molecular weight is 499 g/mol. The van der Waals surface area contributed by atoms with Crippen LogP contribution < -0.4 is 15.4 Å². The standard InChI is InChI=1S/C20H26N4O5S3/c1-2-29-17(25)13-30-18-11-22-19(31-18)23-20(26)24(12-14-5-3-4-6-14)15-7-9-16(10-8-15)32(21,27)28/h7-11,14H,2-6,12-13H2,1H3,(H2,21,27,28)(H,22,23,26). The molecule has 0 atom stereocenters. The number of carbonyl (C=O) groups is 2. The maximum Gasteiger partial charge on any atom is 0.328 e. The van der Waals surface area contributed by atoms with Gasteiger partial charge in [-0.15, -0.1) is 11.8 Å². The molecule has 3 N–H and O–H groups in total. The zero-order valence-electron chi connectivity index (χ0n) is 17.7. The molecule has 1 aromatic heterocycles. The first-order valence-corrected chi connectivity index (χ1v) is 13.6. The number of amides is 2. The predicted molar refractivity (Wildman–Crippen MR) is 126 cm³/mol. The highest BCUT2D eigenvalue weighted by Crippen LogP contribution is 2.31. The van der Waals surface area contributed by atoms with E-state index in [1.807, 2.05) is 0 Å². The van der Waals surface area contributed by atoms with Crippen LogP contribution in [0.4, 0.5) is 15.6 Å². The second-order valence-corrected chi connectivity index (χ2v) is 11.2. The van der Waals surface area contributed by atoms with Crippen molar-refractivity contribution in [1.29, 1.82) is 0 Å². The van der Waals surface area contributed by atoms with Gasteiger partial charge in [-0.2, -0.15) is 0 Å². The van der Waals surface area contributed by atoms with Crippen molar-refractivity contribution in [3.05, 3.63) is 30.5 Å². The number of aromatic nitrogens is 1. The number of esters is 1. The summed E-state index contributed by atoms with van der Waals surface area (Å²) in [5, 5.41) is 8.41. The highest BCUT2D eigenvalue weighted by Gasteiger charge is 2.24. The summed E-state index contributed by atoms with van der Waals surface area (Å²) in [7, 11) is -3.81. The minimum absolute atomic E-state index is 0.00864. The van der Waals surface area contributed by atoms with Crippen molar-refractivity contribution in [3.63, 3.8) is 0 Å². The Kier molecular flexibility index (Phi) is 8.51. The molecule has 0 unspecified atom stereocenters. The van der Waals surface area contributed by atoms with Gasteiger partial charge in [-0.05, 0) is 49.9 Å². The molecule has 0 saturated heterocycles. The van der Waals surface area contributed by atoms with Gasteiger partial charge in [0.2, 0.25) is 10.0 Å². The number of rotatable bonds is 9. The maximum absolute atomic E-state index is 13.1. The van der Waals surface area contributed by atoms with Crippen LogP contribution in [-0.2, 0) is 19.6 Å². The number of thiazole rings is 1. The van der Waals surface area contributed by atoms with Gasteiger partial charge in [0.15, 0.2) is 5.13 Å². The lowest BCUT2D eigenvalue weighted by molar-refractivity contribution is -0.139. The van der Waals surface area contributed by atoms with E-state index in [-0.39, 0.29) is 22.6 Å². The number of hydrogen-bond donors (Lipinski definition) is 2. The molecule has 9 nitrogen and oxygen atoms in total. The van der Waals surface area contributed by atoms with Crippen molar-refractivity contribution in [2.24, 2.45) is 11.1 Å². The first-order chi connectivity index (χ1) is 15.3. The van der Waals surface area contributed by atoms with Gasteiger partial charge in [0.25, 0.3) is 0 Å². The van der Waals surface area contributed by atoms with Gasteiger partial charge in [0.05, 0.1) is 27.7 Å². The normalized spacial score (nSPS) is 14.3. The summed E-state index contributed by atoms with van der Waals surface area (Å²) in [6, 6.07) is 5.60. The Morgan fingerprint density at radius 1 is 1.28 bits per heavy atom. The second-order valence-electron chi connectivity index (χ2n) is 7.31. The molecule has 1 heterocycles. The van der Waals surface area contributed by atoms with Crippen LogP contribution in [0.15, 0.2) is 39.6 Å². The number of sulfonamides is 1. The summed E-state index contributed by atoms with van der Waals surface area (Å²) >= 11 is 2.57. The third-order valence-corrected chi connectivity index (χ3v) is 7.98. The van der Waals surface area contributed by atoms with E-state index in [9.17, 15) is 18.0 Å². The SMILES string of the molecule is CCOC(=O)CSc1cnc(NC(=O)N(CC2CCCC2)c2ccc(S(N)(=O)=O)cc2)s1. The number of anilines is 2. The Morgan fingerprint density at radius 3 is 2.59 bits per heavy atom. The van der Waals surface area contributed by atoms with Gasteiger partial charge in [0, 0.05) is 12.2 Å². The molecule has 1 saturated carbocycles. The molecule has 1 fully saturated rings. The highest BCUT2D eigenvalue weighted by molar-refractivity contribution is 8.01. The summed E-state index contributed by atoms with van der Waals surface area (Å²) in [5.74, 6) is 0.251. The second kappa shape index (κ2) is 11.1. The molecule has 2 amide bonds. The number of urea groups is 1. The molecule has 1 aromatic carbocycles. The summed E-state index contributed by atoms with van der Waals surface area (Å²) in [6.45, 7) is 2.61. The summed E-state index contributed by atoms with van der Waals surface area (Å²) in [6.07, 6.45) is 5.97. The fourth-order valence-corrected chi connectivity index (χ4v) is 5.62. The van der Waals surface area contributed by atoms with Gasteiger partial charge in [-0.25, -0.2) is 23.3 Å². The quantitative estimate of drug-likeness (QED) is 0.398. The lowest BCUT2D eigenvalue weighted by Gasteiger charge is -2.26. The minimum atomic E-state index is -3.81. The number of thioether (sulfide) groups is 1. The number of nitrogens with zero attached hydrogens (tertiary/aromatic N) is 2. The number of nitrogens with two attached hydrogens (primary N) is 1. The molecular formula is C20H26N4O5S3. The van der Waals surface area contributed by atoms with E-state index in [4.69, 9.17) is 9.88 Å². The van der Waals surface area contributed by atoms with E-state index in [2.05, 4.69) is 10.3 Å². The molecule has 0 bridgehead atoms. The third-order valence-electron chi connectivity index (χ3n) is 4.97. The average Bonchev–Trinajstić information content (AvgIpc) is 3.42. The van der Waals surface area contributed by atoms with Gasteiger partial charge < -0.3 is 4.74 Å². The van der Waals surface area contributed by atoms with Crippen molar-refractivity contribution in [1.82, 2.24) is 4.98 Å². The van der Waals surface area contributed by atoms with Gasteiger partial charge in [0.1, 0.15) is 0 Å². The van der Waals surface area contributed by atoms with Crippen LogP contribution in [0.5, 0.6) is 0 Å². The van der Waals surface area contributed by atoms with Crippen LogP contribution in [0.1, 0.15) is 32.6 Å². The fourth-order valence-electron chi connectivity index (χ4n) is 3.45. The Bertz CT molecular complexity index is 1030. The predicted octanol–water partition coefficient (Wildman–Crippen LogP) is 3.67. The Balaban J connectivity index is 1.70. The van der Waals surface area contributed by atoms with E-state index >= 15 is 0 Å². The minimum Gasteiger partial charge on any atom is -0.465 e. The lowest BCUT2D eigenvalue weighted by Crippen LogP contribution is -2.38. The number of benzene rings is 1. The molecule has 12 heteroatoms. The number of hydrogen-bond acceptors (Lipinski definition) is 8. The molecule has 0 radical (unpaired) electrons. The van der Waals surface area contributed by atoms with Crippen LogP contribution in [0.3, 0.4) is 0 Å². The molecule has 0 spiro atoms. The van der Waals surface area contributed by atoms with Crippen molar-refractivity contribution in [2.45, 2.75) is 41.7 Å². The monoisotopic (exact) mass is 498 g/mol. The van der Waals surface area contributed by atoms with Gasteiger partial charge in [-0.1, -0.05) is 24.2 Å². The van der Waals surface area contributed by atoms with Gasteiger partial charge in [-0.3, -0.25) is 15.0 Å². The molecule has 2 aromatic rings. The molecule has 174 valence electrons. The summed E-state index contributed by atoms with van der Waals surface area (Å²) in [4.78, 5) is 30.4. The number of primary sulfonamides is 1. The molecule has 1 aliphatic carbocycles. The van der Waals surface area contributed by atoms with Crippen molar-refractivity contribution < 1.29 is 22.7 Å². The Morgan fingerprint density at radius 2 is 1.97 bits per heavy atom. The topological polar surface area (TPSA) is 132 Å². The van der Waals surface area contributed by atoms with Crippen LogP contribution in [-0.4, -0.2) is 44.3 Å². The number of ether oxygens (including phenoxy) is 1. The lowest BCUT2D eigenvalue weighted by atomic mass is 10.1. The molecule has 0 aliphatic heterocycles. The van der Waals surface area contributed by atoms with Crippen molar-refractivity contribution in [3.8, 4) is 0 Å². The molecule has 32 heavy (non-hydrogen) atoms. The molecular weight excluding hydrogens is 472 g/mol. The van der Waals surface area contributed by atoms with E-state index < -0.39 is 10.0 Å². The van der Waals surface area contributed by atoms with E-state index in [0.29, 0.717) is 29.9 Å². The zero-order valence-corrected chi connectivity index (χ0v) is 20.1. The maximum atomic E-state index is 13.1. The number of carbonyl (C=O) groups excluding carboxylic acids is 2. The van der Waals surface area contributed by atoms with Crippen molar-refractivity contribution >= 4 is 55.9 Å². The zero-order chi connectivity index (χ0) is 23.1. The van der Waals surface area contributed by atoms with E-state index in [1.165, 1.54) is 35.2 Å². The Hall–Kier alpha value is -2.15. The van der Waals surface area contributed by atoms with Crippen LogP contribution in [0, 0.1) is 5.92 Å². The smallest absolute Gasteiger partial charge is 0.328 e. The van der Waals surface area contributed by atoms with E-state index in [0.717, 1.165) is 29.9 Å². The largest absolute Gasteiger partial charge is 0.465 e. The third kappa shape index (κ3) is 6.92. The van der Waals surface area contributed by atoms with Gasteiger partial charge >= 0.3 is 12.0 Å². The highest BCUT2D eigenvalue weighted by atomic mass is 32.2. The Labute approximate surface area is 195 Å². The first-order valence-electron chi connectivity index (χ1n) is 10.2. The van der Waals surface area contributed by atoms with Crippen molar-refractivity contribution in [2.75, 3.05) is 29.1 Å². The van der Waals surface area contributed by atoms with Crippen LogP contribution in [0.25, 0.3) is 0 Å². The van der Waals surface area contributed by atoms with E-state index in [1.54, 1.807) is 30.2 Å². The van der Waals surface area contributed by atoms with Crippen LogP contribution >= 0.6 is 23.1 Å². The molecule has 1 aliphatic rings. The van der Waals surface area contributed by atoms with Crippen LogP contribution in [0.2, 0.25) is 0 Å². The fraction of sp³-hybridized carbons (Fsp3) is 0.450. The first kappa shape index (κ1) is 24.5. The summed E-state index contributed by atoms with van der Waals surface area (Å²) < 4.78 is 28.8.